The minimum Gasteiger partial charge on any atom is -0.309 e. The molecule has 0 aliphatic heterocycles. The van der Waals surface area contributed by atoms with Gasteiger partial charge >= 0.3 is 0 Å². The smallest absolute Gasteiger partial charge is 0.0548 e. The van der Waals surface area contributed by atoms with Crippen molar-refractivity contribution in [2.45, 2.75) is 0 Å². The van der Waals surface area contributed by atoms with Crippen molar-refractivity contribution in [3.8, 4) is 33.6 Å². The van der Waals surface area contributed by atoms with Crippen molar-refractivity contribution < 1.29 is 0 Å². The fraction of sp³-hybridized carbons (Fsp3) is 0. The molecule has 2 aromatic heterocycles. The van der Waals surface area contributed by atoms with Crippen LogP contribution in [0.2, 0.25) is 0 Å². The van der Waals surface area contributed by atoms with E-state index in [2.05, 4.69) is 155 Å². The van der Waals surface area contributed by atoms with E-state index >= 15 is 0 Å². The molecule has 0 spiro atoms. The monoisotopic (exact) mass is 532 g/mol. The van der Waals surface area contributed by atoms with Gasteiger partial charge in [-0.05, 0) is 75.5 Å². The lowest BCUT2D eigenvalue weighted by Crippen LogP contribution is -1.98. The van der Waals surface area contributed by atoms with Crippen molar-refractivity contribution in [1.82, 2.24) is 9.13 Å². The maximum atomic E-state index is 2.47. The van der Waals surface area contributed by atoms with Crippen molar-refractivity contribution in [1.29, 1.82) is 0 Å². The Balaban J connectivity index is 1.34. The molecule has 0 saturated heterocycles. The molecule has 2 heteroatoms. The van der Waals surface area contributed by atoms with E-state index in [1.807, 2.05) is 0 Å². The van der Waals surface area contributed by atoms with E-state index in [9.17, 15) is 0 Å². The summed E-state index contributed by atoms with van der Waals surface area (Å²) in [7, 11) is 0. The Morgan fingerprint density at radius 3 is 1.52 bits per heavy atom. The third kappa shape index (κ3) is 2.74. The van der Waals surface area contributed by atoms with Gasteiger partial charge in [-0.3, -0.25) is 0 Å². The SMILES string of the molecule is c1cc(-n2c3ccccc3c3ccccc32)cc(-n2c3cccc4c3c3c5c(cccc5ccc32)-c2ccccc2-4)c1. The Kier molecular flexibility index (Phi) is 4.21. The topological polar surface area (TPSA) is 9.86 Å². The highest BCUT2D eigenvalue weighted by molar-refractivity contribution is 6.30. The van der Waals surface area contributed by atoms with E-state index in [4.69, 9.17) is 0 Å². The Bertz CT molecular complexity index is 2520. The summed E-state index contributed by atoms with van der Waals surface area (Å²) in [4.78, 5) is 0. The highest BCUT2D eigenvalue weighted by Gasteiger charge is 2.24. The van der Waals surface area contributed by atoms with E-state index < -0.39 is 0 Å². The minimum absolute atomic E-state index is 1.16. The third-order valence-electron chi connectivity index (χ3n) is 9.23. The molecule has 10 rings (SSSR count). The van der Waals surface area contributed by atoms with Gasteiger partial charge in [-0.1, -0.05) is 103 Å². The van der Waals surface area contributed by atoms with E-state index in [-0.39, 0.29) is 0 Å². The van der Waals surface area contributed by atoms with Crippen LogP contribution in [-0.2, 0) is 0 Å². The molecule has 0 N–H and O–H groups in total. The maximum Gasteiger partial charge on any atom is 0.0548 e. The van der Waals surface area contributed by atoms with Crippen LogP contribution in [0.1, 0.15) is 0 Å². The van der Waals surface area contributed by atoms with Crippen LogP contribution in [0, 0.1) is 0 Å². The van der Waals surface area contributed by atoms with Gasteiger partial charge in [0.15, 0.2) is 0 Å². The Hall–Kier alpha value is -5.60. The zero-order valence-corrected chi connectivity index (χ0v) is 22.8. The van der Waals surface area contributed by atoms with Crippen molar-refractivity contribution in [3.63, 3.8) is 0 Å². The first-order chi connectivity index (χ1) is 20.9. The van der Waals surface area contributed by atoms with Gasteiger partial charge in [0.2, 0.25) is 0 Å². The van der Waals surface area contributed by atoms with E-state index in [1.54, 1.807) is 0 Å². The third-order valence-corrected chi connectivity index (χ3v) is 9.23. The first-order valence-electron chi connectivity index (χ1n) is 14.5. The molecule has 1 aliphatic rings. The number of fused-ring (bicyclic) bond motifs is 6. The molecule has 0 unspecified atom stereocenters. The van der Waals surface area contributed by atoms with Crippen LogP contribution in [0.5, 0.6) is 0 Å². The number of benzene rings is 7. The second-order valence-electron chi connectivity index (χ2n) is 11.3. The molecule has 194 valence electrons. The predicted octanol–water partition coefficient (Wildman–Crippen LogP) is 10.7. The Morgan fingerprint density at radius 1 is 0.310 bits per heavy atom. The molecular formula is C40H24N2. The van der Waals surface area contributed by atoms with Crippen LogP contribution in [-0.4, -0.2) is 9.13 Å². The van der Waals surface area contributed by atoms with Gasteiger partial charge in [-0.25, -0.2) is 0 Å². The zero-order chi connectivity index (χ0) is 27.4. The summed E-state index contributed by atoms with van der Waals surface area (Å²) in [6, 6.07) is 53.5. The summed E-state index contributed by atoms with van der Waals surface area (Å²) >= 11 is 0. The number of aromatic nitrogens is 2. The van der Waals surface area contributed by atoms with Gasteiger partial charge < -0.3 is 9.13 Å². The predicted molar refractivity (Wildman–Crippen MR) is 177 cm³/mol. The second kappa shape index (κ2) is 7.99. The Morgan fingerprint density at radius 2 is 0.810 bits per heavy atom. The van der Waals surface area contributed by atoms with Gasteiger partial charge in [0.05, 0.1) is 22.1 Å². The number of rotatable bonds is 2. The van der Waals surface area contributed by atoms with Crippen molar-refractivity contribution in [3.05, 3.63) is 146 Å². The molecule has 7 aromatic carbocycles. The zero-order valence-electron chi connectivity index (χ0n) is 22.8. The van der Waals surface area contributed by atoms with Gasteiger partial charge in [0.25, 0.3) is 0 Å². The molecule has 1 aliphatic carbocycles. The normalized spacial score (nSPS) is 12.3. The minimum atomic E-state index is 1.16. The lowest BCUT2D eigenvalue weighted by atomic mass is 9.93. The molecule has 2 heterocycles. The molecule has 0 atom stereocenters. The van der Waals surface area contributed by atoms with Crippen LogP contribution in [0.3, 0.4) is 0 Å². The molecule has 0 amide bonds. The average molecular weight is 533 g/mol. The quantitative estimate of drug-likeness (QED) is 0.210. The fourth-order valence-electron chi connectivity index (χ4n) is 7.58. The maximum absolute atomic E-state index is 2.47. The van der Waals surface area contributed by atoms with E-state index in [1.165, 1.54) is 76.6 Å². The van der Waals surface area contributed by atoms with Gasteiger partial charge in [0.1, 0.15) is 0 Å². The number of nitrogens with zero attached hydrogens (tertiary/aromatic N) is 2. The van der Waals surface area contributed by atoms with Crippen molar-refractivity contribution in [2.75, 3.05) is 0 Å². The molecule has 0 radical (unpaired) electrons. The lowest BCUT2D eigenvalue weighted by Gasteiger charge is -2.15. The standard InChI is InChI=1S/C40H24N2/c1-2-14-29-28(13-1)32-17-7-10-25-22-23-37-40(38(25)32)39-33(29)18-9-21-36(39)42(37)27-12-8-11-26(24-27)41-34-19-5-3-15-30(34)31-16-4-6-20-35(31)41/h1-24H. The summed E-state index contributed by atoms with van der Waals surface area (Å²) in [5.74, 6) is 0. The highest BCUT2D eigenvalue weighted by Crippen LogP contribution is 2.49. The largest absolute Gasteiger partial charge is 0.309 e. The van der Waals surface area contributed by atoms with Crippen LogP contribution >= 0.6 is 0 Å². The summed E-state index contributed by atoms with van der Waals surface area (Å²) in [6.07, 6.45) is 0. The summed E-state index contributed by atoms with van der Waals surface area (Å²) in [6.45, 7) is 0. The first kappa shape index (κ1) is 22.1. The Labute approximate surface area is 242 Å². The molecule has 0 saturated carbocycles. The van der Waals surface area contributed by atoms with Crippen molar-refractivity contribution in [2.24, 2.45) is 0 Å². The molecule has 0 bridgehead atoms. The second-order valence-corrected chi connectivity index (χ2v) is 11.3. The van der Waals surface area contributed by atoms with E-state index in [0.717, 1.165) is 11.4 Å². The molecule has 0 fully saturated rings. The van der Waals surface area contributed by atoms with Crippen LogP contribution in [0.15, 0.2) is 146 Å². The highest BCUT2D eigenvalue weighted by atomic mass is 15.0. The van der Waals surface area contributed by atoms with Gasteiger partial charge in [-0.2, -0.15) is 0 Å². The molecule has 9 aromatic rings. The van der Waals surface area contributed by atoms with Crippen molar-refractivity contribution >= 4 is 54.4 Å². The van der Waals surface area contributed by atoms with Gasteiger partial charge in [-0.15, -0.1) is 0 Å². The van der Waals surface area contributed by atoms with Crippen LogP contribution in [0.25, 0.3) is 88.0 Å². The number of hydrogen-bond donors (Lipinski definition) is 0. The molecule has 42 heavy (non-hydrogen) atoms. The average Bonchev–Trinajstić information content (AvgIpc) is 3.53. The molecule has 2 nitrogen and oxygen atoms in total. The number of para-hydroxylation sites is 2. The van der Waals surface area contributed by atoms with Crippen LogP contribution in [0.4, 0.5) is 0 Å². The summed E-state index contributed by atoms with van der Waals surface area (Å²) in [5.41, 5.74) is 12.5. The van der Waals surface area contributed by atoms with E-state index in [0.29, 0.717) is 0 Å². The summed E-state index contributed by atoms with van der Waals surface area (Å²) < 4.78 is 4.87. The summed E-state index contributed by atoms with van der Waals surface area (Å²) in [5, 5.41) is 7.85. The first-order valence-corrected chi connectivity index (χ1v) is 14.5. The lowest BCUT2D eigenvalue weighted by molar-refractivity contribution is 1.13. The molecular weight excluding hydrogens is 508 g/mol. The van der Waals surface area contributed by atoms with Crippen LogP contribution < -0.4 is 0 Å². The number of hydrogen-bond acceptors (Lipinski definition) is 0. The van der Waals surface area contributed by atoms with Gasteiger partial charge in [0, 0.05) is 32.9 Å². The fourth-order valence-corrected chi connectivity index (χ4v) is 7.58.